The van der Waals surface area contributed by atoms with Crippen LogP contribution in [-0.4, -0.2) is 10.9 Å². The molecule has 0 saturated heterocycles. The van der Waals surface area contributed by atoms with Gasteiger partial charge in [-0.3, -0.25) is 9.78 Å². The molecule has 3 rings (SSSR count). The van der Waals surface area contributed by atoms with Crippen molar-refractivity contribution in [3.8, 4) is 0 Å². The first-order valence-electron chi connectivity index (χ1n) is 9.02. The number of benzene rings is 2. The van der Waals surface area contributed by atoms with Crippen molar-refractivity contribution < 1.29 is 4.79 Å². The van der Waals surface area contributed by atoms with Crippen molar-refractivity contribution in [1.29, 1.82) is 0 Å². The summed E-state index contributed by atoms with van der Waals surface area (Å²) in [6.45, 7) is 2.08. The highest BCUT2D eigenvalue weighted by Crippen LogP contribution is 2.14. The van der Waals surface area contributed by atoms with Crippen LogP contribution in [0.3, 0.4) is 0 Å². The van der Waals surface area contributed by atoms with E-state index in [4.69, 9.17) is 0 Å². The second-order valence-electron chi connectivity index (χ2n) is 6.62. The molecule has 3 heteroatoms. The van der Waals surface area contributed by atoms with Gasteiger partial charge in [-0.15, -0.1) is 0 Å². The maximum atomic E-state index is 12.1. The number of nitrogens with zero attached hydrogens (tertiary/aromatic N) is 1. The quantitative estimate of drug-likeness (QED) is 0.659. The molecule has 2 aromatic carbocycles. The van der Waals surface area contributed by atoms with Crippen molar-refractivity contribution in [1.82, 2.24) is 4.98 Å². The summed E-state index contributed by atoms with van der Waals surface area (Å²) < 4.78 is 0. The molecule has 0 unspecified atom stereocenters. The van der Waals surface area contributed by atoms with Crippen LogP contribution >= 0.6 is 0 Å². The molecule has 0 bridgehead atoms. The van der Waals surface area contributed by atoms with E-state index in [2.05, 4.69) is 53.6 Å². The van der Waals surface area contributed by atoms with Gasteiger partial charge < -0.3 is 5.32 Å². The monoisotopic (exact) mass is 344 g/mol. The summed E-state index contributed by atoms with van der Waals surface area (Å²) in [5.41, 5.74) is 5.84. The number of hydrogen-bond acceptors (Lipinski definition) is 2. The molecule has 3 nitrogen and oxygen atoms in total. The Kier molecular flexibility index (Phi) is 6.15. The van der Waals surface area contributed by atoms with Crippen molar-refractivity contribution in [2.24, 2.45) is 0 Å². The molecule has 0 aliphatic rings. The summed E-state index contributed by atoms with van der Waals surface area (Å²) in [5, 5.41) is 2.98. The Labute approximate surface area is 155 Å². The topological polar surface area (TPSA) is 42.0 Å². The van der Waals surface area contributed by atoms with Gasteiger partial charge in [0.1, 0.15) is 0 Å². The molecule has 0 radical (unpaired) electrons. The standard InChI is InChI=1S/C23H24N2O/c1-18-5-7-19(8-6-18)3-2-4-23(26)25-22-11-9-20(10-12-22)17-21-13-15-24-16-14-21/h5-16H,2-4,17H2,1H3,(H,25,26). The SMILES string of the molecule is Cc1ccc(CCCC(=O)Nc2ccc(Cc3ccncc3)cc2)cc1. The first-order valence-corrected chi connectivity index (χ1v) is 9.02. The average Bonchev–Trinajstić information content (AvgIpc) is 2.66. The molecule has 0 aliphatic carbocycles. The molecular weight excluding hydrogens is 320 g/mol. The van der Waals surface area contributed by atoms with Crippen LogP contribution < -0.4 is 5.32 Å². The van der Waals surface area contributed by atoms with Gasteiger partial charge >= 0.3 is 0 Å². The van der Waals surface area contributed by atoms with E-state index in [0.717, 1.165) is 24.9 Å². The average molecular weight is 344 g/mol. The molecule has 132 valence electrons. The lowest BCUT2D eigenvalue weighted by atomic mass is 10.1. The second kappa shape index (κ2) is 8.95. The fraction of sp³-hybridized carbons (Fsp3) is 0.217. The van der Waals surface area contributed by atoms with Crippen molar-refractivity contribution >= 4 is 11.6 Å². The first-order chi connectivity index (χ1) is 12.7. The van der Waals surface area contributed by atoms with Gasteiger partial charge in [0.05, 0.1) is 0 Å². The minimum Gasteiger partial charge on any atom is -0.326 e. The normalized spacial score (nSPS) is 10.5. The third-order valence-corrected chi connectivity index (χ3v) is 4.39. The molecule has 3 aromatic rings. The van der Waals surface area contributed by atoms with Crippen LogP contribution in [0.4, 0.5) is 5.69 Å². The Morgan fingerprint density at radius 3 is 2.15 bits per heavy atom. The number of carbonyl (C=O) groups excluding carboxylic acids is 1. The van der Waals surface area contributed by atoms with Gasteiger partial charge in [-0.2, -0.15) is 0 Å². The first kappa shape index (κ1) is 17.9. The molecular formula is C23H24N2O. The van der Waals surface area contributed by atoms with Crippen molar-refractivity contribution in [3.05, 3.63) is 95.3 Å². The molecule has 0 aliphatic heterocycles. The predicted molar refractivity (Wildman–Crippen MR) is 106 cm³/mol. The second-order valence-corrected chi connectivity index (χ2v) is 6.62. The van der Waals surface area contributed by atoms with Crippen molar-refractivity contribution in [2.45, 2.75) is 32.6 Å². The lowest BCUT2D eigenvalue weighted by Crippen LogP contribution is -2.11. The lowest BCUT2D eigenvalue weighted by molar-refractivity contribution is -0.116. The van der Waals surface area contributed by atoms with E-state index >= 15 is 0 Å². The smallest absolute Gasteiger partial charge is 0.224 e. The Morgan fingerprint density at radius 1 is 0.846 bits per heavy atom. The summed E-state index contributed by atoms with van der Waals surface area (Å²) in [6, 6.07) is 20.6. The molecule has 1 aromatic heterocycles. The van der Waals surface area contributed by atoms with E-state index < -0.39 is 0 Å². The van der Waals surface area contributed by atoms with E-state index in [1.807, 2.05) is 24.3 Å². The van der Waals surface area contributed by atoms with E-state index in [1.165, 1.54) is 22.3 Å². The summed E-state index contributed by atoms with van der Waals surface area (Å²) in [4.78, 5) is 16.1. The van der Waals surface area contributed by atoms with Crippen LogP contribution in [0.25, 0.3) is 0 Å². The number of aryl methyl sites for hydroxylation is 2. The number of aromatic nitrogens is 1. The minimum absolute atomic E-state index is 0.0685. The largest absolute Gasteiger partial charge is 0.326 e. The van der Waals surface area contributed by atoms with Gasteiger partial charge in [0.25, 0.3) is 0 Å². The number of hydrogen-bond donors (Lipinski definition) is 1. The number of rotatable bonds is 7. The zero-order valence-electron chi connectivity index (χ0n) is 15.1. The van der Waals surface area contributed by atoms with E-state index in [-0.39, 0.29) is 5.91 Å². The van der Waals surface area contributed by atoms with E-state index in [0.29, 0.717) is 6.42 Å². The van der Waals surface area contributed by atoms with E-state index in [1.54, 1.807) is 12.4 Å². The zero-order chi connectivity index (χ0) is 18.2. The fourth-order valence-electron chi connectivity index (χ4n) is 2.87. The summed E-state index contributed by atoms with van der Waals surface area (Å²) in [5.74, 6) is 0.0685. The molecule has 0 atom stereocenters. The number of pyridine rings is 1. The molecule has 1 amide bonds. The number of amides is 1. The maximum absolute atomic E-state index is 12.1. The summed E-state index contributed by atoms with van der Waals surface area (Å²) in [6.07, 6.45) is 6.80. The minimum atomic E-state index is 0.0685. The third-order valence-electron chi connectivity index (χ3n) is 4.39. The highest BCUT2D eigenvalue weighted by atomic mass is 16.1. The van der Waals surface area contributed by atoms with Crippen LogP contribution in [0, 0.1) is 6.92 Å². The summed E-state index contributed by atoms with van der Waals surface area (Å²) >= 11 is 0. The Bertz CT molecular complexity index is 824. The van der Waals surface area contributed by atoms with Gasteiger partial charge in [0.2, 0.25) is 5.91 Å². The maximum Gasteiger partial charge on any atom is 0.224 e. The van der Waals surface area contributed by atoms with Crippen molar-refractivity contribution in [2.75, 3.05) is 5.32 Å². The van der Waals surface area contributed by atoms with Crippen LogP contribution in [0.2, 0.25) is 0 Å². The number of anilines is 1. The number of nitrogens with one attached hydrogen (secondary N) is 1. The molecule has 0 saturated carbocycles. The van der Waals surface area contributed by atoms with Gasteiger partial charge in [-0.1, -0.05) is 42.0 Å². The molecule has 0 spiro atoms. The Hall–Kier alpha value is -2.94. The van der Waals surface area contributed by atoms with Crippen LogP contribution in [0.5, 0.6) is 0 Å². The molecule has 0 fully saturated rings. The lowest BCUT2D eigenvalue weighted by Gasteiger charge is -2.07. The zero-order valence-corrected chi connectivity index (χ0v) is 15.1. The van der Waals surface area contributed by atoms with Crippen LogP contribution in [-0.2, 0) is 17.6 Å². The molecule has 1 heterocycles. The highest BCUT2D eigenvalue weighted by Gasteiger charge is 2.04. The van der Waals surface area contributed by atoms with Gasteiger partial charge in [0, 0.05) is 24.5 Å². The molecule has 26 heavy (non-hydrogen) atoms. The van der Waals surface area contributed by atoms with E-state index in [9.17, 15) is 4.79 Å². The molecule has 1 N–H and O–H groups in total. The van der Waals surface area contributed by atoms with Gasteiger partial charge in [-0.05, 0) is 67.1 Å². The van der Waals surface area contributed by atoms with Crippen LogP contribution in [0.1, 0.15) is 35.1 Å². The predicted octanol–water partition coefficient (Wildman–Crippen LogP) is 4.94. The fourth-order valence-corrected chi connectivity index (χ4v) is 2.87. The Balaban J connectivity index is 1.44. The third kappa shape index (κ3) is 5.55. The Morgan fingerprint density at radius 2 is 1.46 bits per heavy atom. The highest BCUT2D eigenvalue weighted by molar-refractivity contribution is 5.90. The number of carbonyl (C=O) groups is 1. The van der Waals surface area contributed by atoms with Gasteiger partial charge in [-0.25, -0.2) is 0 Å². The van der Waals surface area contributed by atoms with Crippen LogP contribution in [0.15, 0.2) is 73.1 Å². The summed E-state index contributed by atoms with van der Waals surface area (Å²) in [7, 11) is 0. The van der Waals surface area contributed by atoms with Gasteiger partial charge in [0.15, 0.2) is 0 Å². The van der Waals surface area contributed by atoms with Crippen molar-refractivity contribution in [3.63, 3.8) is 0 Å².